The Morgan fingerprint density at radius 2 is 1.69 bits per heavy atom. The highest BCUT2D eigenvalue weighted by Crippen LogP contribution is 2.32. The van der Waals surface area contributed by atoms with Gasteiger partial charge >= 0.3 is 6.36 Å². The number of aromatic nitrogens is 3. The molecule has 4 aromatic rings. The van der Waals surface area contributed by atoms with Crippen molar-refractivity contribution in [2.45, 2.75) is 12.4 Å². The molecule has 0 bridgehead atoms. The zero-order valence-electron chi connectivity index (χ0n) is 17.9. The molecule has 1 atom stereocenters. The largest absolute Gasteiger partial charge is 0.573 e. The van der Waals surface area contributed by atoms with Crippen LogP contribution in [0.25, 0.3) is 17.1 Å². The molecular weight excluding hydrogens is 543 g/mol. The van der Waals surface area contributed by atoms with Gasteiger partial charge in [0.1, 0.15) is 12.1 Å². The van der Waals surface area contributed by atoms with E-state index in [0.717, 1.165) is 26.6 Å². The van der Waals surface area contributed by atoms with Gasteiger partial charge in [-0.2, -0.15) is 0 Å². The van der Waals surface area contributed by atoms with Gasteiger partial charge in [-0.05, 0) is 66.2 Å². The highest BCUT2D eigenvalue weighted by Gasteiger charge is 2.31. The summed E-state index contributed by atoms with van der Waals surface area (Å²) in [6, 6.07) is 21.4. The number of thioether (sulfide) groups is 1. The smallest absolute Gasteiger partial charge is 0.406 e. The Morgan fingerprint density at radius 1 is 0.971 bits per heavy atom. The van der Waals surface area contributed by atoms with Gasteiger partial charge < -0.3 is 10.1 Å². The lowest BCUT2D eigenvalue weighted by Crippen LogP contribution is -2.17. The number of hydrogen-bond acceptors (Lipinski definition) is 6. The average Bonchev–Trinajstić information content (AvgIpc) is 3.50. The first-order chi connectivity index (χ1) is 16.8. The normalized spacial score (nSPS) is 15.7. The molecule has 0 saturated heterocycles. The van der Waals surface area contributed by atoms with E-state index in [9.17, 15) is 13.2 Å². The Bertz CT molecular complexity index is 1340. The third-order valence-electron chi connectivity index (χ3n) is 5.13. The van der Waals surface area contributed by atoms with E-state index in [-0.39, 0.29) is 11.8 Å². The maximum absolute atomic E-state index is 12.3. The van der Waals surface area contributed by atoms with E-state index in [0.29, 0.717) is 11.5 Å². The molecule has 1 aliphatic heterocycles. The average molecular weight is 560 g/mol. The summed E-state index contributed by atoms with van der Waals surface area (Å²) in [5.74, 6) is 1.08. The van der Waals surface area contributed by atoms with Gasteiger partial charge in [-0.3, -0.25) is 4.99 Å². The molecule has 1 N–H and O–H groups in total. The summed E-state index contributed by atoms with van der Waals surface area (Å²) < 4.78 is 43.4. The number of benzene rings is 3. The van der Waals surface area contributed by atoms with Gasteiger partial charge in [0.05, 0.1) is 11.7 Å². The highest BCUT2D eigenvalue weighted by molar-refractivity contribution is 9.10. The summed E-state index contributed by atoms with van der Waals surface area (Å²) in [7, 11) is 0. The molecule has 0 spiro atoms. The van der Waals surface area contributed by atoms with Crippen molar-refractivity contribution in [2.75, 3.05) is 11.1 Å². The summed E-state index contributed by atoms with van der Waals surface area (Å²) in [5.41, 5.74) is 3.45. The molecular formula is C24H17BrF3N5OS. The third kappa shape index (κ3) is 5.85. The molecule has 1 aliphatic rings. The molecule has 0 radical (unpaired) electrons. The van der Waals surface area contributed by atoms with Crippen LogP contribution >= 0.6 is 27.7 Å². The van der Waals surface area contributed by atoms with Crippen LogP contribution in [0.1, 0.15) is 11.6 Å². The Labute approximate surface area is 211 Å². The van der Waals surface area contributed by atoms with Crippen LogP contribution in [0, 0.1) is 0 Å². The van der Waals surface area contributed by atoms with E-state index in [1.807, 2.05) is 36.4 Å². The molecule has 1 aromatic heterocycles. The highest BCUT2D eigenvalue weighted by atomic mass is 79.9. The van der Waals surface area contributed by atoms with Crippen molar-refractivity contribution in [1.29, 1.82) is 0 Å². The van der Waals surface area contributed by atoms with Crippen LogP contribution in [0.4, 0.5) is 18.9 Å². The number of alkyl halides is 3. The van der Waals surface area contributed by atoms with Crippen LogP contribution in [0.5, 0.6) is 5.75 Å². The van der Waals surface area contributed by atoms with Gasteiger partial charge in [0, 0.05) is 21.5 Å². The fraction of sp³-hybridized carbons (Fsp3) is 0.125. The molecule has 6 nitrogen and oxygen atoms in total. The Balaban J connectivity index is 1.23. The lowest BCUT2D eigenvalue weighted by Gasteiger charge is -2.09. The van der Waals surface area contributed by atoms with Crippen LogP contribution in [0.3, 0.4) is 0 Å². The number of aliphatic imine (C=N–C) groups is 1. The van der Waals surface area contributed by atoms with E-state index in [1.54, 1.807) is 11.8 Å². The predicted molar refractivity (Wildman–Crippen MR) is 134 cm³/mol. The number of hydrogen-bond donors (Lipinski definition) is 1. The first-order valence-corrected chi connectivity index (χ1v) is 12.2. The molecule has 35 heavy (non-hydrogen) atoms. The fourth-order valence-corrected chi connectivity index (χ4v) is 4.68. The van der Waals surface area contributed by atoms with Gasteiger partial charge in [0.25, 0.3) is 0 Å². The van der Waals surface area contributed by atoms with Crippen molar-refractivity contribution in [3.63, 3.8) is 0 Å². The quantitative estimate of drug-likeness (QED) is 0.289. The maximum atomic E-state index is 12.3. The van der Waals surface area contributed by atoms with E-state index in [4.69, 9.17) is 4.99 Å². The van der Waals surface area contributed by atoms with E-state index in [1.165, 1.54) is 40.8 Å². The molecule has 2 heterocycles. The van der Waals surface area contributed by atoms with E-state index >= 15 is 0 Å². The molecule has 0 amide bonds. The standard InChI is InChI=1S/C24H17BrF3N5OS/c25-17-5-1-15(2-6-17)21-13-35-23(31-21)30-18-7-3-16(4-8-18)22-29-14-33(32-22)19-9-11-20(12-10-19)34-24(26,27)28/h1-12,14,21H,13H2,(H,30,31). The minimum atomic E-state index is -4.73. The Kier molecular flexibility index (Phi) is 6.52. The molecule has 0 aliphatic carbocycles. The van der Waals surface area contributed by atoms with Gasteiger partial charge in [0.15, 0.2) is 11.0 Å². The molecule has 1 unspecified atom stereocenters. The Morgan fingerprint density at radius 3 is 2.37 bits per heavy atom. The van der Waals surface area contributed by atoms with Crippen molar-refractivity contribution in [2.24, 2.45) is 4.99 Å². The summed E-state index contributed by atoms with van der Waals surface area (Å²) in [4.78, 5) is 9.10. The second-order valence-electron chi connectivity index (χ2n) is 7.57. The number of ether oxygens (including phenoxy) is 1. The summed E-state index contributed by atoms with van der Waals surface area (Å²) in [6.45, 7) is 0. The minimum Gasteiger partial charge on any atom is -0.406 e. The van der Waals surface area contributed by atoms with Crippen molar-refractivity contribution in [1.82, 2.24) is 14.8 Å². The van der Waals surface area contributed by atoms with E-state index in [2.05, 4.69) is 48.2 Å². The second-order valence-corrected chi connectivity index (χ2v) is 9.49. The third-order valence-corrected chi connectivity index (χ3v) is 6.62. The van der Waals surface area contributed by atoms with Gasteiger partial charge in [-0.15, -0.1) is 18.3 Å². The van der Waals surface area contributed by atoms with Gasteiger partial charge in [-0.25, -0.2) is 9.67 Å². The summed E-state index contributed by atoms with van der Waals surface area (Å²) >= 11 is 5.13. The van der Waals surface area contributed by atoms with Crippen LogP contribution in [0.15, 0.2) is 88.6 Å². The number of nitrogens with zero attached hydrogens (tertiary/aromatic N) is 4. The number of nitrogens with one attached hydrogen (secondary N) is 1. The van der Waals surface area contributed by atoms with E-state index < -0.39 is 6.36 Å². The molecule has 3 aromatic carbocycles. The number of anilines is 1. The zero-order valence-corrected chi connectivity index (χ0v) is 20.3. The molecule has 0 fully saturated rings. The number of amidine groups is 1. The summed E-state index contributed by atoms with van der Waals surface area (Å²) in [5, 5.41) is 8.64. The Hall–Kier alpha value is -3.31. The monoisotopic (exact) mass is 559 g/mol. The van der Waals surface area contributed by atoms with Gasteiger partial charge in [0.2, 0.25) is 0 Å². The molecule has 178 valence electrons. The molecule has 5 rings (SSSR count). The van der Waals surface area contributed by atoms with Crippen LogP contribution in [0.2, 0.25) is 0 Å². The second kappa shape index (κ2) is 9.74. The van der Waals surface area contributed by atoms with Crippen molar-refractivity contribution >= 4 is 38.5 Å². The van der Waals surface area contributed by atoms with Crippen LogP contribution in [-0.4, -0.2) is 32.0 Å². The first kappa shape index (κ1) is 23.4. The lowest BCUT2D eigenvalue weighted by atomic mass is 10.1. The molecule has 0 saturated carbocycles. The summed E-state index contributed by atoms with van der Waals surface area (Å²) in [6.07, 6.45) is -3.22. The van der Waals surface area contributed by atoms with Crippen molar-refractivity contribution < 1.29 is 17.9 Å². The van der Waals surface area contributed by atoms with Crippen LogP contribution in [-0.2, 0) is 0 Å². The topological polar surface area (TPSA) is 64.3 Å². The van der Waals surface area contributed by atoms with Gasteiger partial charge in [-0.1, -0.05) is 39.8 Å². The SMILES string of the molecule is FC(F)(F)Oc1ccc(-n2cnc(-c3ccc(NC4=NC(c5ccc(Br)cc5)CS4)cc3)n2)cc1. The fourth-order valence-electron chi connectivity index (χ4n) is 3.44. The first-order valence-electron chi connectivity index (χ1n) is 10.4. The molecule has 11 heteroatoms. The zero-order chi connectivity index (χ0) is 24.4. The minimum absolute atomic E-state index is 0.122. The number of rotatable bonds is 5. The van der Waals surface area contributed by atoms with Crippen LogP contribution < -0.4 is 10.1 Å². The van der Waals surface area contributed by atoms with Crippen molar-refractivity contribution in [3.8, 4) is 22.8 Å². The maximum Gasteiger partial charge on any atom is 0.573 e. The predicted octanol–water partition coefficient (Wildman–Crippen LogP) is 6.85. The van der Waals surface area contributed by atoms with Crippen molar-refractivity contribution in [3.05, 3.63) is 89.2 Å². The lowest BCUT2D eigenvalue weighted by molar-refractivity contribution is -0.274. The number of halogens is 4.